The van der Waals surface area contributed by atoms with Gasteiger partial charge in [-0.2, -0.15) is 0 Å². The van der Waals surface area contributed by atoms with E-state index in [9.17, 15) is 9.59 Å². The molecule has 1 N–H and O–H groups in total. The van der Waals surface area contributed by atoms with Gasteiger partial charge in [-0.15, -0.1) is 0 Å². The number of rotatable bonds is 5. The minimum atomic E-state index is -0.755. The van der Waals surface area contributed by atoms with E-state index in [1.807, 2.05) is 0 Å². The van der Waals surface area contributed by atoms with Gasteiger partial charge < -0.3 is 14.7 Å². The molecule has 1 rings (SSSR count). The highest BCUT2D eigenvalue weighted by molar-refractivity contribution is 5.68. The van der Waals surface area contributed by atoms with E-state index in [0.29, 0.717) is 31.3 Å². The Morgan fingerprint density at radius 3 is 2.83 bits per heavy atom. The second kappa shape index (κ2) is 7.03. The number of carbonyl (C=O) groups excluding carboxylic acids is 1. The highest BCUT2D eigenvalue weighted by Crippen LogP contribution is 2.27. The predicted molar refractivity (Wildman–Crippen MR) is 67.3 cm³/mol. The average molecular weight is 255 g/mol. The largest absolute Gasteiger partial charge is 0.481 e. The molecule has 5 nitrogen and oxygen atoms in total. The number of hydrogen-bond acceptors (Lipinski definition) is 3. The topological polar surface area (TPSA) is 66.8 Å². The van der Waals surface area contributed by atoms with Crippen molar-refractivity contribution >= 4 is 12.1 Å². The van der Waals surface area contributed by atoms with E-state index in [2.05, 4.69) is 13.5 Å². The molecular formula is C13H21NO4. The maximum absolute atomic E-state index is 11.6. The van der Waals surface area contributed by atoms with Crippen LogP contribution in [0.3, 0.4) is 0 Å². The molecular weight excluding hydrogens is 234 g/mol. The third kappa shape index (κ3) is 4.39. The number of nitrogens with zero attached hydrogens (tertiary/aromatic N) is 1. The lowest BCUT2D eigenvalue weighted by molar-refractivity contribution is -0.137. The second-order valence-electron chi connectivity index (χ2n) is 4.77. The zero-order valence-corrected chi connectivity index (χ0v) is 10.8. The molecule has 1 amide bonds. The first-order chi connectivity index (χ1) is 8.54. The first-order valence-corrected chi connectivity index (χ1v) is 6.29. The zero-order chi connectivity index (χ0) is 13.5. The molecule has 2 unspecified atom stereocenters. The van der Waals surface area contributed by atoms with Crippen LogP contribution in [0, 0.1) is 11.8 Å². The van der Waals surface area contributed by atoms with Crippen LogP contribution in [0.2, 0.25) is 0 Å². The summed E-state index contributed by atoms with van der Waals surface area (Å²) in [6.07, 6.45) is 2.97. The molecule has 18 heavy (non-hydrogen) atoms. The van der Waals surface area contributed by atoms with Gasteiger partial charge in [0.15, 0.2) is 0 Å². The number of amides is 1. The highest BCUT2D eigenvalue weighted by Gasteiger charge is 2.29. The molecule has 0 bridgehead atoms. The fourth-order valence-electron chi connectivity index (χ4n) is 2.32. The van der Waals surface area contributed by atoms with Crippen molar-refractivity contribution in [2.75, 3.05) is 19.7 Å². The monoisotopic (exact) mass is 255 g/mol. The Morgan fingerprint density at radius 2 is 2.28 bits per heavy atom. The van der Waals surface area contributed by atoms with Gasteiger partial charge in [0.2, 0.25) is 0 Å². The molecule has 0 saturated carbocycles. The number of carbonyl (C=O) groups is 2. The van der Waals surface area contributed by atoms with Gasteiger partial charge in [0.05, 0.1) is 0 Å². The molecule has 102 valence electrons. The van der Waals surface area contributed by atoms with Crippen LogP contribution in [-0.4, -0.2) is 41.8 Å². The molecule has 0 spiro atoms. The maximum atomic E-state index is 11.6. The van der Waals surface area contributed by atoms with Crippen LogP contribution in [0.5, 0.6) is 0 Å². The number of carboxylic acids is 1. The number of piperidine rings is 1. The van der Waals surface area contributed by atoms with E-state index in [0.717, 1.165) is 6.42 Å². The van der Waals surface area contributed by atoms with Gasteiger partial charge in [0.25, 0.3) is 0 Å². The van der Waals surface area contributed by atoms with Crippen molar-refractivity contribution in [2.45, 2.75) is 26.2 Å². The quantitative estimate of drug-likeness (QED) is 0.764. The lowest BCUT2D eigenvalue weighted by atomic mass is 9.84. The molecule has 0 radical (unpaired) electrons. The van der Waals surface area contributed by atoms with Gasteiger partial charge in [-0.25, -0.2) is 4.79 Å². The summed E-state index contributed by atoms with van der Waals surface area (Å²) in [6, 6.07) is 0. The predicted octanol–water partition coefficient (Wildman–Crippen LogP) is 2.13. The van der Waals surface area contributed by atoms with Crippen molar-refractivity contribution in [1.29, 1.82) is 0 Å². The van der Waals surface area contributed by atoms with Crippen LogP contribution in [0.25, 0.3) is 0 Å². The molecule has 0 aromatic rings. The van der Waals surface area contributed by atoms with Crippen LogP contribution >= 0.6 is 0 Å². The highest BCUT2D eigenvalue weighted by atomic mass is 16.6. The van der Waals surface area contributed by atoms with Crippen LogP contribution in [-0.2, 0) is 9.53 Å². The van der Waals surface area contributed by atoms with Gasteiger partial charge in [0, 0.05) is 19.5 Å². The Bertz CT molecular complexity index is 316. The van der Waals surface area contributed by atoms with Gasteiger partial charge in [-0.1, -0.05) is 19.6 Å². The first-order valence-electron chi connectivity index (χ1n) is 6.29. The molecule has 5 heteroatoms. The maximum Gasteiger partial charge on any atom is 0.410 e. The summed E-state index contributed by atoms with van der Waals surface area (Å²) in [7, 11) is 0. The third-order valence-corrected chi connectivity index (χ3v) is 3.39. The lowest BCUT2D eigenvalue weighted by Gasteiger charge is -2.36. The fraction of sp³-hybridized carbons (Fsp3) is 0.692. The van der Waals surface area contributed by atoms with Crippen molar-refractivity contribution < 1.29 is 19.4 Å². The summed E-state index contributed by atoms with van der Waals surface area (Å²) in [5, 5.41) is 8.67. The lowest BCUT2D eigenvalue weighted by Crippen LogP contribution is -2.43. The summed E-state index contributed by atoms with van der Waals surface area (Å²) >= 11 is 0. The van der Waals surface area contributed by atoms with Crippen molar-refractivity contribution in [3.05, 3.63) is 12.7 Å². The van der Waals surface area contributed by atoms with Crippen LogP contribution in [0.4, 0.5) is 4.79 Å². The molecule has 0 aliphatic carbocycles. The molecule has 0 aromatic heterocycles. The van der Waals surface area contributed by atoms with Gasteiger partial charge in [0.1, 0.15) is 6.61 Å². The van der Waals surface area contributed by atoms with E-state index >= 15 is 0 Å². The zero-order valence-electron chi connectivity index (χ0n) is 10.8. The standard InChI is InChI=1S/C13H21NO4/c1-3-8-18-13(17)14-7-6-11(10(2)9-14)4-5-12(15)16/h3,10-11H,1,4-9H2,2H3,(H,15,16). The van der Waals surface area contributed by atoms with E-state index in [-0.39, 0.29) is 19.1 Å². The van der Waals surface area contributed by atoms with E-state index < -0.39 is 5.97 Å². The Kier molecular flexibility index (Phi) is 5.68. The minimum absolute atomic E-state index is 0.204. The average Bonchev–Trinajstić information content (AvgIpc) is 2.34. The van der Waals surface area contributed by atoms with E-state index in [1.54, 1.807) is 11.0 Å². The SMILES string of the molecule is C=CCOC(=O)N1CCC(CCC(=O)O)C(C)C1. The first kappa shape index (κ1) is 14.5. The molecule has 0 aromatic carbocycles. The smallest absolute Gasteiger partial charge is 0.410 e. The second-order valence-corrected chi connectivity index (χ2v) is 4.77. The third-order valence-electron chi connectivity index (χ3n) is 3.39. The van der Waals surface area contributed by atoms with Crippen molar-refractivity contribution in [2.24, 2.45) is 11.8 Å². The van der Waals surface area contributed by atoms with Crippen LogP contribution in [0.1, 0.15) is 26.2 Å². The molecule has 1 fully saturated rings. The molecule has 1 heterocycles. The van der Waals surface area contributed by atoms with Crippen molar-refractivity contribution in [3.63, 3.8) is 0 Å². The van der Waals surface area contributed by atoms with Crippen LogP contribution < -0.4 is 0 Å². The summed E-state index contributed by atoms with van der Waals surface area (Å²) < 4.78 is 4.99. The Labute approximate surface area is 107 Å². The van der Waals surface area contributed by atoms with E-state index in [4.69, 9.17) is 9.84 Å². The fourth-order valence-corrected chi connectivity index (χ4v) is 2.32. The molecule has 1 aliphatic heterocycles. The summed E-state index contributed by atoms with van der Waals surface area (Å²) in [5.74, 6) is -0.0612. The Morgan fingerprint density at radius 1 is 1.56 bits per heavy atom. The van der Waals surface area contributed by atoms with Crippen molar-refractivity contribution in [3.8, 4) is 0 Å². The molecule has 1 saturated heterocycles. The number of aliphatic carboxylic acids is 1. The number of ether oxygens (including phenoxy) is 1. The number of carboxylic acid groups (broad SMARTS) is 1. The van der Waals surface area contributed by atoms with Crippen LogP contribution in [0.15, 0.2) is 12.7 Å². The Hall–Kier alpha value is -1.52. The minimum Gasteiger partial charge on any atom is -0.481 e. The van der Waals surface area contributed by atoms with Gasteiger partial charge >= 0.3 is 12.1 Å². The summed E-state index contributed by atoms with van der Waals surface area (Å²) in [4.78, 5) is 23.9. The molecule has 1 aliphatic rings. The Balaban J connectivity index is 2.37. The van der Waals surface area contributed by atoms with Gasteiger partial charge in [-0.05, 0) is 24.7 Å². The van der Waals surface area contributed by atoms with Crippen molar-refractivity contribution in [1.82, 2.24) is 4.90 Å². The number of hydrogen-bond donors (Lipinski definition) is 1. The molecule has 2 atom stereocenters. The summed E-state index contributed by atoms with van der Waals surface area (Å²) in [5.41, 5.74) is 0. The van der Waals surface area contributed by atoms with Gasteiger partial charge in [-0.3, -0.25) is 4.79 Å². The summed E-state index contributed by atoms with van der Waals surface area (Å²) in [6.45, 7) is 7.06. The number of likely N-dealkylation sites (tertiary alicyclic amines) is 1. The normalized spacial score (nSPS) is 23.5. The van der Waals surface area contributed by atoms with E-state index in [1.165, 1.54) is 0 Å².